The van der Waals surface area contributed by atoms with Crippen molar-refractivity contribution in [2.24, 2.45) is 0 Å². The Morgan fingerprint density at radius 1 is 1.47 bits per heavy atom. The quantitative estimate of drug-likeness (QED) is 0.516. The molecule has 0 saturated carbocycles. The van der Waals surface area contributed by atoms with E-state index in [-0.39, 0.29) is 25.4 Å². The highest BCUT2D eigenvalue weighted by Gasteiger charge is 2.61. The number of halogens is 3. The second-order valence-corrected chi connectivity index (χ2v) is 4.28. The van der Waals surface area contributed by atoms with Crippen LogP contribution in [0, 0.1) is 0 Å². The van der Waals surface area contributed by atoms with Gasteiger partial charge >= 0.3 is 12.0 Å². The van der Waals surface area contributed by atoms with Gasteiger partial charge in [0.2, 0.25) is 6.23 Å². The van der Waals surface area contributed by atoms with E-state index >= 15 is 0 Å². The molecule has 0 aromatic carbocycles. The molecule has 2 saturated heterocycles. The first-order valence-corrected chi connectivity index (χ1v) is 5.45. The molecule has 4 N–H and O–H groups in total. The lowest BCUT2D eigenvalue weighted by molar-refractivity contribution is -0.159. The maximum atomic E-state index is 13.7. The van der Waals surface area contributed by atoms with Gasteiger partial charge < -0.3 is 25.4 Å². The molecule has 112 valence electrons. The van der Waals surface area contributed by atoms with Crippen LogP contribution in [-0.2, 0) is 4.74 Å². The van der Waals surface area contributed by atoms with Crippen molar-refractivity contribution in [1.82, 2.24) is 10.2 Å². The number of rotatable bonds is 2. The lowest BCUT2D eigenvalue weighted by atomic mass is 10.1. The van der Waals surface area contributed by atoms with Crippen LogP contribution in [0.5, 0.6) is 0 Å². The number of nitrogens with one attached hydrogen (secondary N) is 1. The standard InChI is InChI=1S/C9H14F2N2O5.ClH/c10-9(11)6(16)4(3-14)18-7(9)13-2-1-5(15)12-8(13)17;/h4-7,14-16H,1-3H2,(H,12,17);1H/t4-,5-,6-,7-;/m1./s1. The SMILES string of the molecule is Cl.O=C1N[C@H](O)CCN1[C@@H]1O[C@H](CO)[C@@H](O)C1(F)F. The van der Waals surface area contributed by atoms with E-state index in [9.17, 15) is 18.7 Å². The van der Waals surface area contributed by atoms with Crippen LogP contribution in [0.3, 0.4) is 0 Å². The molecule has 0 aromatic heterocycles. The van der Waals surface area contributed by atoms with Gasteiger partial charge in [-0.15, -0.1) is 12.4 Å². The predicted octanol–water partition coefficient (Wildman–Crippen LogP) is -1.14. The zero-order chi connectivity index (χ0) is 13.5. The van der Waals surface area contributed by atoms with Crippen LogP contribution in [-0.4, -0.2) is 70.0 Å². The number of carbonyl (C=O) groups is 1. The summed E-state index contributed by atoms with van der Waals surface area (Å²) in [6, 6.07) is -0.899. The normalized spacial score (nSPS) is 37.7. The van der Waals surface area contributed by atoms with Gasteiger partial charge in [0.25, 0.3) is 0 Å². The second-order valence-electron chi connectivity index (χ2n) is 4.28. The molecule has 4 atom stereocenters. The third-order valence-corrected chi connectivity index (χ3v) is 3.04. The molecule has 0 radical (unpaired) electrons. The van der Waals surface area contributed by atoms with E-state index in [1.54, 1.807) is 0 Å². The van der Waals surface area contributed by atoms with Crippen LogP contribution in [0.4, 0.5) is 13.6 Å². The summed E-state index contributed by atoms with van der Waals surface area (Å²) in [6.45, 7) is -0.899. The Kier molecular flexibility index (Phi) is 4.91. The van der Waals surface area contributed by atoms with Crippen molar-refractivity contribution in [3.05, 3.63) is 0 Å². The van der Waals surface area contributed by atoms with Crippen molar-refractivity contribution in [1.29, 1.82) is 0 Å². The molecule has 0 aliphatic carbocycles. The fourth-order valence-corrected chi connectivity index (χ4v) is 2.03. The molecule has 0 spiro atoms. The molecule has 0 bridgehead atoms. The Balaban J connectivity index is 0.00000180. The summed E-state index contributed by atoms with van der Waals surface area (Å²) in [4.78, 5) is 12.2. The summed E-state index contributed by atoms with van der Waals surface area (Å²) in [5, 5.41) is 29.3. The van der Waals surface area contributed by atoms with E-state index in [2.05, 4.69) is 5.32 Å². The number of hydrogen-bond acceptors (Lipinski definition) is 5. The Morgan fingerprint density at radius 3 is 2.58 bits per heavy atom. The van der Waals surface area contributed by atoms with E-state index < -0.39 is 43.2 Å². The van der Waals surface area contributed by atoms with Gasteiger partial charge in [0.15, 0.2) is 6.10 Å². The van der Waals surface area contributed by atoms with Crippen molar-refractivity contribution < 1.29 is 33.6 Å². The van der Waals surface area contributed by atoms with Crippen molar-refractivity contribution in [2.75, 3.05) is 13.2 Å². The summed E-state index contributed by atoms with van der Waals surface area (Å²) in [5.41, 5.74) is 0. The van der Waals surface area contributed by atoms with Crippen LogP contribution < -0.4 is 5.32 Å². The highest BCUT2D eigenvalue weighted by molar-refractivity contribution is 5.85. The zero-order valence-corrected chi connectivity index (χ0v) is 10.5. The fourth-order valence-electron chi connectivity index (χ4n) is 2.03. The smallest absolute Gasteiger partial charge is 0.321 e. The van der Waals surface area contributed by atoms with Crippen LogP contribution in [0.15, 0.2) is 0 Å². The van der Waals surface area contributed by atoms with Crippen LogP contribution in [0.2, 0.25) is 0 Å². The second kappa shape index (κ2) is 5.71. The van der Waals surface area contributed by atoms with Gasteiger partial charge in [-0.2, -0.15) is 8.78 Å². The highest BCUT2D eigenvalue weighted by atomic mass is 35.5. The maximum absolute atomic E-state index is 13.7. The number of aliphatic hydroxyl groups excluding tert-OH is 3. The number of amides is 2. The number of hydrogen-bond donors (Lipinski definition) is 4. The largest absolute Gasteiger partial charge is 0.394 e. The summed E-state index contributed by atoms with van der Waals surface area (Å²) in [7, 11) is 0. The molecule has 2 aliphatic heterocycles. The topological polar surface area (TPSA) is 102 Å². The van der Waals surface area contributed by atoms with Gasteiger partial charge in [-0.25, -0.2) is 4.79 Å². The van der Waals surface area contributed by atoms with Gasteiger partial charge in [0.1, 0.15) is 12.3 Å². The Morgan fingerprint density at radius 2 is 2.11 bits per heavy atom. The molecular weight excluding hydrogens is 290 g/mol. The third-order valence-electron chi connectivity index (χ3n) is 3.04. The number of carbonyl (C=O) groups excluding carboxylic acids is 1. The summed E-state index contributed by atoms with van der Waals surface area (Å²) in [5.74, 6) is -3.67. The minimum absolute atomic E-state index is 0. The Labute approximate surface area is 113 Å². The Bertz CT molecular complexity index is 349. The number of nitrogens with zero attached hydrogens (tertiary/aromatic N) is 1. The van der Waals surface area contributed by atoms with Gasteiger partial charge in [0, 0.05) is 13.0 Å². The van der Waals surface area contributed by atoms with Crippen LogP contribution in [0.1, 0.15) is 6.42 Å². The summed E-state index contributed by atoms with van der Waals surface area (Å²) >= 11 is 0. The number of ether oxygens (including phenoxy) is 1. The van der Waals surface area contributed by atoms with Crippen molar-refractivity contribution >= 4 is 18.4 Å². The first-order valence-electron chi connectivity index (χ1n) is 5.45. The molecule has 19 heavy (non-hydrogen) atoms. The minimum Gasteiger partial charge on any atom is -0.394 e. The van der Waals surface area contributed by atoms with E-state index in [1.807, 2.05) is 0 Å². The van der Waals surface area contributed by atoms with E-state index in [0.717, 1.165) is 0 Å². The molecule has 2 rings (SSSR count). The molecule has 2 heterocycles. The third kappa shape index (κ3) is 2.75. The van der Waals surface area contributed by atoms with Crippen molar-refractivity contribution in [2.45, 2.75) is 37.0 Å². The number of urea groups is 1. The molecule has 0 aromatic rings. The summed E-state index contributed by atoms with van der Waals surface area (Å²) < 4.78 is 32.3. The first kappa shape index (κ1) is 16.3. The average Bonchev–Trinajstić information content (AvgIpc) is 2.52. The zero-order valence-electron chi connectivity index (χ0n) is 9.70. The fraction of sp³-hybridized carbons (Fsp3) is 0.889. The van der Waals surface area contributed by atoms with Gasteiger partial charge in [-0.1, -0.05) is 0 Å². The molecule has 0 unspecified atom stereocenters. The monoisotopic (exact) mass is 304 g/mol. The molecular formula is C9H15ClF2N2O5. The first-order chi connectivity index (χ1) is 8.37. The number of aliphatic hydroxyl groups is 3. The summed E-state index contributed by atoms with van der Waals surface area (Å²) in [6.07, 6.45) is -6.57. The van der Waals surface area contributed by atoms with Crippen LogP contribution in [0.25, 0.3) is 0 Å². The van der Waals surface area contributed by atoms with Gasteiger partial charge in [0.05, 0.1) is 6.61 Å². The molecule has 2 amide bonds. The lowest BCUT2D eigenvalue weighted by Crippen LogP contribution is -2.59. The van der Waals surface area contributed by atoms with Crippen molar-refractivity contribution in [3.63, 3.8) is 0 Å². The molecule has 7 nitrogen and oxygen atoms in total. The predicted molar refractivity (Wildman–Crippen MR) is 59.8 cm³/mol. The van der Waals surface area contributed by atoms with Crippen LogP contribution >= 0.6 is 12.4 Å². The van der Waals surface area contributed by atoms with Gasteiger partial charge in [-0.3, -0.25) is 4.90 Å². The average molecular weight is 305 g/mol. The van der Waals surface area contributed by atoms with Gasteiger partial charge in [-0.05, 0) is 0 Å². The highest BCUT2D eigenvalue weighted by Crippen LogP contribution is 2.38. The van der Waals surface area contributed by atoms with Crippen molar-refractivity contribution in [3.8, 4) is 0 Å². The van der Waals surface area contributed by atoms with E-state index in [1.165, 1.54) is 0 Å². The molecule has 2 fully saturated rings. The Hall–Kier alpha value is -0.740. The lowest BCUT2D eigenvalue weighted by Gasteiger charge is -2.36. The minimum atomic E-state index is -3.67. The molecule has 10 heteroatoms. The maximum Gasteiger partial charge on any atom is 0.321 e. The van der Waals surface area contributed by atoms with E-state index in [0.29, 0.717) is 4.90 Å². The van der Waals surface area contributed by atoms with E-state index in [4.69, 9.17) is 14.9 Å². The molecule has 2 aliphatic rings. The number of alkyl halides is 2.